The lowest BCUT2D eigenvalue weighted by atomic mass is 10.1. The number of benzene rings is 1. The van der Waals surface area contributed by atoms with Crippen molar-refractivity contribution in [3.63, 3.8) is 0 Å². The smallest absolute Gasteiger partial charge is 0.191 e. The van der Waals surface area contributed by atoms with Crippen LogP contribution in [0, 0.1) is 6.92 Å². The molecule has 0 amide bonds. The fourth-order valence-electron chi connectivity index (χ4n) is 1.93. The number of aryl methyl sites for hydroxylation is 1. The minimum Gasteiger partial charge on any atom is -0.383 e. The highest BCUT2D eigenvalue weighted by Gasteiger charge is 2.24. The molecule has 2 rings (SSSR count). The number of allylic oxidation sites excluding steroid dienone is 1. The number of hydrogen-bond donors (Lipinski definition) is 0. The van der Waals surface area contributed by atoms with Gasteiger partial charge in [-0.15, -0.1) is 0 Å². The molecule has 0 bridgehead atoms. The lowest BCUT2D eigenvalue weighted by Crippen LogP contribution is -2.06. The highest BCUT2D eigenvalue weighted by molar-refractivity contribution is 6.13. The summed E-state index contributed by atoms with van der Waals surface area (Å²) in [6.07, 6.45) is 2.68. The van der Waals surface area contributed by atoms with Gasteiger partial charge >= 0.3 is 0 Å². The summed E-state index contributed by atoms with van der Waals surface area (Å²) in [5, 5.41) is 0. The summed E-state index contributed by atoms with van der Waals surface area (Å²) in [6.45, 7) is 2.02. The molecular formula is C13H15NO. The minimum absolute atomic E-state index is 0.183. The van der Waals surface area contributed by atoms with E-state index in [9.17, 15) is 4.79 Å². The van der Waals surface area contributed by atoms with E-state index in [0.29, 0.717) is 0 Å². The Morgan fingerprint density at radius 1 is 1.33 bits per heavy atom. The van der Waals surface area contributed by atoms with Crippen LogP contribution in [0.15, 0.2) is 30.0 Å². The molecule has 0 heterocycles. The second-order valence-corrected chi connectivity index (χ2v) is 4.28. The van der Waals surface area contributed by atoms with Crippen LogP contribution >= 0.6 is 0 Å². The summed E-state index contributed by atoms with van der Waals surface area (Å²) in [5.74, 6) is 0.183. The van der Waals surface area contributed by atoms with Crippen molar-refractivity contribution in [1.29, 1.82) is 0 Å². The molecule has 1 aliphatic carbocycles. The number of carbonyl (C=O) groups is 1. The predicted molar refractivity (Wildman–Crippen MR) is 61.0 cm³/mol. The third-order valence-electron chi connectivity index (χ3n) is 2.60. The van der Waals surface area contributed by atoms with Gasteiger partial charge in [-0.3, -0.25) is 4.79 Å². The van der Waals surface area contributed by atoms with Crippen molar-refractivity contribution in [3.8, 4) is 0 Å². The zero-order valence-corrected chi connectivity index (χ0v) is 9.37. The van der Waals surface area contributed by atoms with Gasteiger partial charge in [0, 0.05) is 37.9 Å². The van der Waals surface area contributed by atoms with Gasteiger partial charge < -0.3 is 4.90 Å². The first kappa shape index (κ1) is 9.97. The van der Waals surface area contributed by atoms with Crippen molar-refractivity contribution in [1.82, 2.24) is 4.90 Å². The van der Waals surface area contributed by atoms with Gasteiger partial charge in [-0.1, -0.05) is 17.7 Å². The molecule has 2 nitrogen and oxygen atoms in total. The second kappa shape index (κ2) is 3.54. The van der Waals surface area contributed by atoms with Crippen LogP contribution < -0.4 is 0 Å². The predicted octanol–water partition coefficient (Wildman–Crippen LogP) is 2.18. The van der Waals surface area contributed by atoms with Gasteiger partial charge in [-0.2, -0.15) is 0 Å². The molecule has 0 aliphatic heterocycles. The molecule has 0 fully saturated rings. The molecule has 15 heavy (non-hydrogen) atoms. The van der Waals surface area contributed by atoms with Crippen LogP contribution in [0.25, 0.3) is 0 Å². The molecule has 0 atom stereocenters. The monoisotopic (exact) mass is 201 g/mol. The van der Waals surface area contributed by atoms with E-state index in [1.165, 1.54) is 0 Å². The number of Topliss-reactive ketones (excluding diaryl/α,β-unsaturated/α-hetero) is 1. The highest BCUT2D eigenvalue weighted by Crippen LogP contribution is 2.26. The van der Waals surface area contributed by atoms with Crippen molar-refractivity contribution in [2.45, 2.75) is 13.3 Å². The molecule has 0 saturated heterocycles. The van der Waals surface area contributed by atoms with Gasteiger partial charge in [0.05, 0.1) is 0 Å². The van der Waals surface area contributed by atoms with E-state index >= 15 is 0 Å². The van der Waals surface area contributed by atoms with Gasteiger partial charge in [0.15, 0.2) is 5.78 Å². The maximum atomic E-state index is 12.0. The lowest BCUT2D eigenvalue weighted by Gasteiger charge is -2.05. The summed E-state index contributed by atoms with van der Waals surface area (Å²) < 4.78 is 0. The lowest BCUT2D eigenvalue weighted by molar-refractivity contribution is 0.103. The van der Waals surface area contributed by atoms with Crippen LogP contribution in [-0.2, 0) is 6.42 Å². The normalized spacial score (nSPS) is 17.0. The Labute approximate surface area is 90.2 Å². The number of ketones is 1. The highest BCUT2D eigenvalue weighted by atomic mass is 16.1. The molecule has 0 aromatic heterocycles. The van der Waals surface area contributed by atoms with E-state index in [-0.39, 0.29) is 5.78 Å². The SMILES string of the molecule is Cc1ccc2c(c1)C(=O)/C(=C\N(C)C)C2. The number of nitrogens with zero attached hydrogens (tertiary/aromatic N) is 1. The maximum absolute atomic E-state index is 12.0. The fraction of sp³-hybridized carbons (Fsp3) is 0.308. The number of carbonyl (C=O) groups excluding carboxylic acids is 1. The van der Waals surface area contributed by atoms with Crippen molar-refractivity contribution >= 4 is 5.78 Å². The van der Waals surface area contributed by atoms with Crippen LogP contribution in [0.2, 0.25) is 0 Å². The van der Waals surface area contributed by atoms with Crippen LogP contribution in [-0.4, -0.2) is 24.8 Å². The van der Waals surface area contributed by atoms with E-state index < -0.39 is 0 Å². The van der Waals surface area contributed by atoms with Crippen molar-refractivity contribution in [2.75, 3.05) is 14.1 Å². The third-order valence-corrected chi connectivity index (χ3v) is 2.60. The quantitative estimate of drug-likeness (QED) is 0.649. The van der Waals surface area contributed by atoms with Crippen LogP contribution in [0.5, 0.6) is 0 Å². The average Bonchev–Trinajstić information content (AvgIpc) is 2.44. The van der Waals surface area contributed by atoms with Crippen LogP contribution in [0.4, 0.5) is 0 Å². The number of rotatable bonds is 1. The summed E-state index contributed by atoms with van der Waals surface area (Å²) in [4.78, 5) is 13.9. The molecule has 2 heteroatoms. The zero-order valence-electron chi connectivity index (χ0n) is 9.37. The minimum atomic E-state index is 0.183. The van der Waals surface area contributed by atoms with Gasteiger partial charge in [0.1, 0.15) is 0 Å². The second-order valence-electron chi connectivity index (χ2n) is 4.28. The Kier molecular flexibility index (Phi) is 2.35. The van der Waals surface area contributed by atoms with E-state index in [1.807, 2.05) is 38.2 Å². The van der Waals surface area contributed by atoms with E-state index in [2.05, 4.69) is 12.1 Å². The third kappa shape index (κ3) is 1.80. The van der Waals surface area contributed by atoms with Crippen molar-refractivity contribution in [2.24, 2.45) is 0 Å². The standard InChI is InChI=1S/C13H15NO/c1-9-4-5-10-7-11(8-14(2)3)13(15)12(10)6-9/h4-6,8H,7H2,1-3H3/b11-8-. The molecule has 1 aliphatic rings. The Bertz CT molecular complexity index is 444. The first-order valence-corrected chi connectivity index (χ1v) is 5.09. The Hall–Kier alpha value is -1.57. The molecular weight excluding hydrogens is 186 g/mol. The largest absolute Gasteiger partial charge is 0.383 e. The average molecular weight is 201 g/mol. The Balaban J connectivity index is 2.42. The van der Waals surface area contributed by atoms with Crippen molar-refractivity contribution < 1.29 is 4.79 Å². The molecule has 0 radical (unpaired) electrons. The topological polar surface area (TPSA) is 20.3 Å². The van der Waals surface area contributed by atoms with E-state index in [1.54, 1.807) is 0 Å². The summed E-state index contributed by atoms with van der Waals surface area (Å²) in [7, 11) is 3.88. The first-order valence-electron chi connectivity index (χ1n) is 5.09. The van der Waals surface area contributed by atoms with Gasteiger partial charge in [0.25, 0.3) is 0 Å². The van der Waals surface area contributed by atoms with E-state index in [4.69, 9.17) is 0 Å². The Morgan fingerprint density at radius 2 is 2.07 bits per heavy atom. The Morgan fingerprint density at radius 3 is 2.73 bits per heavy atom. The summed E-state index contributed by atoms with van der Waals surface area (Å²) in [5.41, 5.74) is 4.07. The molecule has 0 saturated carbocycles. The zero-order chi connectivity index (χ0) is 11.0. The van der Waals surface area contributed by atoms with Gasteiger partial charge in [-0.05, 0) is 18.6 Å². The molecule has 1 aromatic carbocycles. The first-order chi connectivity index (χ1) is 7.08. The van der Waals surface area contributed by atoms with Gasteiger partial charge in [-0.25, -0.2) is 0 Å². The van der Waals surface area contributed by atoms with Gasteiger partial charge in [0.2, 0.25) is 0 Å². The molecule has 0 unspecified atom stereocenters. The van der Waals surface area contributed by atoms with Crippen molar-refractivity contribution in [3.05, 3.63) is 46.7 Å². The molecule has 0 N–H and O–H groups in total. The van der Waals surface area contributed by atoms with E-state index in [0.717, 1.165) is 28.7 Å². The van der Waals surface area contributed by atoms with Crippen LogP contribution in [0.3, 0.4) is 0 Å². The number of hydrogen-bond acceptors (Lipinski definition) is 2. The molecule has 1 aromatic rings. The van der Waals surface area contributed by atoms with Crippen LogP contribution in [0.1, 0.15) is 21.5 Å². The summed E-state index contributed by atoms with van der Waals surface area (Å²) >= 11 is 0. The fourth-order valence-corrected chi connectivity index (χ4v) is 1.93. The molecule has 0 spiro atoms. The summed E-state index contributed by atoms with van der Waals surface area (Å²) in [6, 6.07) is 6.10. The maximum Gasteiger partial charge on any atom is 0.191 e. The molecule has 78 valence electrons. The number of fused-ring (bicyclic) bond motifs is 1.